The summed E-state index contributed by atoms with van der Waals surface area (Å²) >= 11 is 0. The molecule has 0 radical (unpaired) electrons. The number of aromatic nitrogens is 2. The van der Waals surface area contributed by atoms with Gasteiger partial charge in [-0.1, -0.05) is 24.3 Å². The van der Waals surface area contributed by atoms with Gasteiger partial charge in [0.2, 0.25) is 0 Å². The molecule has 3 heterocycles. The predicted octanol–water partition coefficient (Wildman–Crippen LogP) is 3.78. The first kappa shape index (κ1) is 18.4. The third kappa shape index (κ3) is 3.55. The maximum Gasteiger partial charge on any atom is 0.253 e. The lowest BCUT2D eigenvalue weighted by molar-refractivity contribution is 0.0774. The minimum atomic E-state index is 0.166. The van der Waals surface area contributed by atoms with Gasteiger partial charge in [-0.15, -0.1) is 0 Å². The molecule has 2 aromatic carbocycles. The molecule has 0 bridgehead atoms. The van der Waals surface area contributed by atoms with E-state index >= 15 is 0 Å². The van der Waals surface area contributed by atoms with E-state index in [9.17, 15) is 4.79 Å². The lowest BCUT2D eigenvalue weighted by atomic mass is 10.1. The van der Waals surface area contributed by atoms with Gasteiger partial charge in [-0.05, 0) is 62.6 Å². The Labute approximate surface area is 171 Å². The van der Waals surface area contributed by atoms with Crippen LogP contribution in [0.5, 0.6) is 0 Å². The van der Waals surface area contributed by atoms with Crippen LogP contribution < -0.4 is 0 Å². The van der Waals surface area contributed by atoms with Gasteiger partial charge in [0.25, 0.3) is 5.91 Å². The molecule has 1 amide bonds. The number of nitrogens with zero attached hydrogens (tertiary/aromatic N) is 4. The second-order valence-electron chi connectivity index (χ2n) is 8.48. The van der Waals surface area contributed by atoms with Crippen LogP contribution >= 0.6 is 0 Å². The summed E-state index contributed by atoms with van der Waals surface area (Å²) in [6, 6.07) is 17.4. The predicted molar refractivity (Wildman–Crippen MR) is 115 cm³/mol. The second kappa shape index (κ2) is 7.64. The molecular formula is C24H28N4O. The Morgan fingerprint density at radius 3 is 2.69 bits per heavy atom. The number of fused-ring (bicyclic) bond motifs is 1. The van der Waals surface area contributed by atoms with Gasteiger partial charge in [0.1, 0.15) is 0 Å². The first-order valence-corrected chi connectivity index (χ1v) is 10.7. The van der Waals surface area contributed by atoms with E-state index in [1.54, 1.807) is 0 Å². The highest BCUT2D eigenvalue weighted by Gasteiger charge is 2.34. The number of amides is 1. The summed E-state index contributed by atoms with van der Waals surface area (Å²) in [5, 5.41) is 0. The Kier molecular flexibility index (Phi) is 4.84. The van der Waals surface area contributed by atoms with Crippen LogP contribution in [0.15, 0.2) is 54.9 Å². The van der Waals surface area contributed by atoms with E-state index in [2.05, 4.69) is 39.6 Å². The molecule has 2 saturated heterocycles. The molecule has 5 rings (SSSR count). The van der Waals surface area contributed by atoms with Crippen molar-refractivity contribution in [3.8, 4) is 0 Å². The zero-order valence-corrected chi connectivity index (χ0v) is 17.0. The van der Waals surface area contributed by atoms with E-state index in [0.717, 1.165) is 42.7 Å². The maximum atomic E-state index is 13.0. The molecular weight excluding hydrogens is 360 g/mol. The average Bonchev–Trinajstić information content (AvgIpc) is 3.48. The van der Waals surface area contributed by atoms with Crippen molar-refractivity contribution >= 4 is 16.9 Å². The van der Waals surface area contributed by atoms with E-state index in [0.29, 0.717) is 12.1 Å². The molecule has 0 N–H and O–H groups in total. The fraction of sp³-hybridized carbons (Fsp3) is 0.417. The van der Waals surface area contributed by atoms with Crippen LogP contribution in [0.25, 0.3) is 11.0 Å². The molecule has 2 aliphatic heterocycles. The highest BCUT2D eigenvalue weighted by Crippen LogP contribution is 2.26. The van der Waals surface area contributed by atoms with Gasteiger partial charge in [-0.25, -0.2) is 4.98 Å². The quantitative estimate of drug-likeness (QED) is 0.683. The number of carbonyl (C=O) groups is 1. The van der Waals surface area contributed by atoms with Gasteiger partial charge in [0.15, 0.2) is 0 Å². The largest absolute Gasteiger partial charge is 0.337 e. The summed E-state index contributed by atoms with van der Waals surface area (Å²) in [7, 11) is 0. The van der Waals surface area contributed by atoms with Crippen LogP contribution in [0.3, 0.4) is 0 Å². The molecule has 5 heteroatoms. The van der Waals surface area contributed by atoms with Gasteiger partial charge in [0, 0.05) is 37.3 Å². The molecule has 3 aromatic rings. The number of para-hydroxylation sites is 2. The van der Waals surface area contributed by atoms with Crippen LogP contribution in [0, 0.1) is 0 Å². The van der Waals surface area contributed by atoms with Gasteiger partial charge < -0.3 is 9.47 Å². The van der Waals surface area contributed by atoms with Crippen LogP contribution in [0.1, 0.15) is 42.1 Å². The number of likely N-dealkylation sites (tertiary alicyclic amines) is 2. The van der Waals surface area contributed by atoms with E-state index in [1.807, 2.05) is 41.6 Å². The Morgan fingerprint density at radius 1 is 1.07 bits per heavy atom. The Hall–Kier alpha value is -2.66. The molecule has 29 heavy (non-hydrogen) atoms. The van der Waals surface area contributed by atoms with Crippen LogP contribution in [-0.4, -0.2) is 57.0 Å². The van der Waals surface area contributed by atoms with Crippen molar-refractivity contribution in [1.82, 2.24) is 19.4 Å². The normalized spacial score (nSPS) is 22.6. The second-order valence-corrected chi connectivity index (χ2v) is 8.48. The zero-order valence-electron chi connectivity index (χ0n) is 17.0. The van der Waals surface area contributed by atoms with Crippen molar-refractivity contribution < 1.29 is 4.79 Å². The van der Waals surface area contributed by atoms with E-state index in [-0.39, 0.29) is 5.91 Å². The smallest absolute Gasteiger partial charge is 0.253 e. The SMILES string of the molecule is C[C@@H]1CCCN1[C@@H]1CCN(C(=O)c2ccc(Cn3cnc4ccccc43)cc2)C1. The van der Waals surface area contributed by atoms with Crippen molar-refractivity contribution in [1.29, 1.82) is 0 Å². The topological polar surface area (TPSA) is 41.4 Å². The first-order chi connectivity index (χ1) is 14.2. The molecule has 2 fully saturated rings. The Bertz CT molecular complexity index is 1010. The molecule has 2 atom stereocenters. The minimum absolute atomic E-state index is 0.166. The van der Waals surface area contributed by atoms with Gasteiger partial charge >= 0.3 is 0 Å². The van der Waals surface area contributed by atoms with Crippen LogP contribution in [0.4, 0.5) is 0 Å². The molecule has 0 aliphatic carbocycles. The summed E-state index contributed by atoms with van der Waals surface area (Å²) in [6.45, 7) is 6.00. The van der Waals surface area contributed by atoms with Gasteiger partial charge in [0.05, 0.1) is 17.4 Å². The standard InChI is InChI=1S/C24H28N4O/c1-18-5-4-13-28(18)21-12-14-26(16-21)24(29)20-10-8-19(9-11-20)15-27-17-25-22-6-2-3-7-23(22)27/h2-3,6-11,17-18,21H,4-5,12-16H2,1H3/t18-,21-/m1/s1. The van der Waals surface area contributed by atoms with Crippen molar-refractivity contribution in [2.75, 3.05) is 19.6 Å². The highest BCUT2D eigenvalue weighted by atomic mass is 16.2. The third-order valence-electron chi connectivity index (χ3n) is 6.61. The number of benzene rings is 2. The number of hydrogen-bond acceptors (Lipinski definition) is 3. The summed E-state index contributed by atoms with van der Waals surface area (Å²) in [6.07, 6.45) is 5.56. The number of imidazole rings is 1. The molecule has 0 saturated carbocycles. The number of rotatable bonds is 4. The Balaban J connectivity index is 1.25. The maximum absolute atomic E-state index is 13.0. The fourth-order valence-electron chi connectivity index (χ4n) is 4.96. The number of carbonyl (C=O) groups excluding carboxylic acids is 1. The summed E-state index contributed by atoms with van der Waals surface area (Å²) < 4.78 is 2.15. The molecule has 150 valence electrons. The summed E-state index contributed by atoms with van der Waals surface area (Å²) in [5.41, 5.74) is 4.11. The van der Waals surface area contributed by atoms with Crippen molar-refractivity contribution in [3.05, 3.63) is 66.0 Å². The van der Waals surface area contributed by atoms with E-state index in [1.165, 1.54) is 24.9 Å². The molecule has 2 aliphatic rings. The van der Waals surface area contributed by atoms with Crippen LogP contribution in [-0.2, 0) is 6.54 Å². The molecule has 5 nitrogen and oxygen atoms in total. The summed E-state index contributed by atoms with van der Waals surface area (Å²) in [4.78, 5) is 22.1. The zero-order chi connectivity index (χ0) is 19.8. The van der Waals surface area contributed by atoms with E-state index in [4.69, 9.17) is 0 Å². The molecule has 0 spiro atoms. The third-order valence-corrected chi connectivity index (χ3v) is 6.61. The monoisotopic (exact) mass is 388 g/mol. The Morgan fingerprint density at radius 2 is 1.90 bits per heavy atom. The molecule has 1 aromatic heterocycles. The van der Waals surface area contributed by atoms with E-state index < -0.39 is 0 Å². The van der Waals surface area contributed by atoms with Crippen molar-refractivity contribution in [3.63, 3.8) is 0 Å². The lowest BCUT2D eigenvalue weighted by Gasteiger charge is -2.28. The van der Waals surface area contributed by atoms with Gasteiger partial charge in [-0.3, -0.25) is 9.69 Å². The average molecular weight is 389 g/mol. The molecule has 0 unspecified atom stereocenters. The highest BCUT2D eigenvalue weighted by molar-refractivity contribution is 5.94. The summed E-state index contributed by atoms with van der Waals surface area (Å²) in [5.74, 6) is 0.166. The number of hydrogen-bond donors (Lipinski definition) is 0. The van der Waals surface area contributed by atoms with Gasteiger partial charge in [-0.2, -0.15) is 0 Å². The van der Waals surface area contributed by atoms with Crippen LogP contribution in [0.2, 0.25) is 0 Å². The fourth-order valence-corrected chi connectivity index (χ4v) is 4.96. The lowest BCUT2D eigenvalue weighted by Crippen LogP contribution is -2.40. The van der Waals surface area contributed by atoms with Crippen molar-refractivity contribution in [2.45, 2.75) is 44.8 Å². The first-order valence-electron chi connectivity index (χ1n) is 10.7. The van der Waals surface area contributed by atoms with Crippen molar-refractivity contribution in [2.24, 2.45) is 0 Å². The minimum Gasteiger partial charge on any atom is -0.337 e.